The van der Waals surface area contributed by atoms with Gasteiger partial charge in [-0.25, -0.2) is 4.39 Å². The number of methoxy groups -OCH3 is 1. The first-order valence-corrected chi connectivity index (χ1v) is 7.11. The van der Waals surface area contributed by atoms with E-state index in [9.17, 15) is 14.0 Å². The molecule has 1 aliphatic heterocycles. The number of hydrogen-bond acceptors (Lipinski definition) is 3. The number of nitrogens with zero attached hydrogens (tertiary/aromatic N) is 1. The van der Waals surface area contributed by atoms with Crippen molar-refractivity contribution in [2.45, 2.75) is 31.4 Å². The molecule has 0 N–H and O–H groups in total. The molecule has 0 saturated heterocycles. The van der Waals surface area contributed by atoms with Gasteiger partial charge in [-0.1, -0.05) is 12.1 Å². The van der Waals surface area contributed by atoms with Crippen LogP contribution in [0.25, 0.3) is 0 Å². The standard InChI is InChI=1S/C16H18FNO3/c1-10(17)11-3-4-12-13(7-11)16(5-6-16)9-18(15(12)20)8-14(19)21-2/h3-4,7,10H,5-6,8-9H2,1-2H3. The maximum Gasteiger partial charge on any atom is 0.325 e. The monoisotopic (exact) mass is 291 g/mol. The van der Waals surface area contributed by atoms with Crippen LogP contribution in [0.5, 0.6) is 0 Å². The summed E-state index contributed by atoms with van der Waals surface area (Å²) in [5.41, 5.74) is 2.04. The molecule has 112 valence electrons. The van der Waals surface area contributed by atoms with E-state index in [1.54, 1.807) is 17.0 Å². The van der Waals surface area contributed by atoms with Crippen LogP contribution in [0.4, 0.5) is 4.39 Å². The highest BCUT2D eigenvalue weighted by molar-refractivity contribution is 5.99. The topological polar surface area (TPSA) is 46.6 Å². The number of fused-ring (bicyclic) bond motifs is 2. The van der Waals surface area contributed by atoms with E-state index in [1.165, 1.54) is 14.0 Å². The van der Waals surface area contributed by atoms with Crippen LogP contribution in [0, 0.1) is 0 Å². The van der Waals surface area contributed by atoms with Crippen LogP contribution < -0.4 is 0 Å². The summed E-state index contributed by atoms with van der Waals surface area (Å²) >= 11 is 0. The molecule has 4 nitrogen and oxygen atoms in total. The summed E-state index contributed by atoms with van der Waals surface area (Å²) in [5, 5.41) is 0. The second kappa shape index (κ2) is 4.83. The van der Waals surface area contributed by atoms with Crippen molar-refractivity contribution in [2.24, 2.45) is 0 Å². The molecule has 1 aromatic carbocycles. The average Bonchev–Trinajstić information content (AvgIpc) is 3.24. The van der Waals surface area contributed by atoms with E-state index in [0.29, 0.717) is 17.7 Å². The first kappa shape index (κ1) is 14.0. The van der Waals surface area contributed by atoms with E-state index in [4.69, 9.17) is 0 Å². The number of alkyl halides is 1. The van der Waals surface area contributed by atoms with Crippen LogP contribution in [-0.2, 0) is 14.9 Å². The third-order valence-electron chi connectivity index (χ3n) is 4.49. The van der Waals surface area contributed by atoms with Crippen molar-refractivity contribution in [3.8, 4) is 0 Å². The normalized spacial score (nSPS) is 20.1. The minimum Gasteiger partial charge on any atom is -0.468 e. The molecule has 3 rings (SSSR count). The molecular formula is C16H18FNO3. The van der Waals surface area contributed by atoms with Gasteiger partial charge in [0.1, 0.15) is 12.7 Å². The van der Waals surface area contributed by atoms with Crippen molar-refractivity contribution in [3.05, 3.63) is 34.9 Å². The number of hydrogen-bond donors (Lipinski definition) is 0. The van der Waals surface area contributed by atoms with Gasteiger partial charge in [0.2, 0.25) is 0 Å². The predicted octanol–water partition coefficient (Wildman–Crippen LogP) is 2.38. The van der Waals surface area contributed by atoms with E-state index >= 15 is 0 Å². The maximum atomic E-state index is 13.5. The first-order valence-electron chi connectivity index (χ1n) is 7.11. The summed E-state index contributed by atoms with van der Waals surface area (Å²) < 4.78 is 18.2. The van der Waals surface area contributed by atoms with E-state index < -0.39 is 12.1 Å². The van der Waals surface area contributed by atoms with Crippen LogP contribution in [-0.4, -0.2) is 37.0 Å². The molecule has 1 saturated carbocycles. The zero-order valence-corrected chi connectivity index (χ0v) is 12.2. The minimum atomic E-state index is -1.05. The lowest BCUT2D eigenvalue weighted by Gasteiger charge is -2.34. The van der Waals surface area contributed by atoms with Crippen LogP contribution in [0.15, 0.2) is 18.2 Å². The van der Waals surface area contributed by atoms with Crippen molar-refractivity contribution in [1.82, 2.24) is 4.90 Å². The van der Waals surface area contributed by atoms with Gasteiger partial charge < -0.3 is 9.64 Å². The smallest absolute Gasteiger partial charge is 0.325 e. The Hall–Kier alpha value is -1.91. The van der Waals surface area contributed by atoms with Crippen molar-refractivity contribution in [1.29, 1.82) is 0 Å². The van der Waals surface area contributed by atoms with Crippen LogP contribution in [0.2, 0.25) is 0 Å². The molecule has 0 bridgehead atoms. The Labute approximate surface area is 122 Å². The Morgan fingerprint density at radius 3 is 2.76 bits per heavy atom. The van der Waals surface area contributed by atoms with E-state index in [1.807, 2.05) is 6.07 Å². The van der Waals surface area contributed by atoms with Crippen LogP contribution in [0.3, 0.4) is 0 Å². The lowest BCUT2D eigenvalue weighted by atomic mass is 9.85. The second-order valence-electron chi connectivity index (χ2n) is 5.94. The fourth-order valence-electron chi connectivity index (χ4n) is 3.05. The van der Waals surface area contributed by atoms with Crippen molar-refractivity contribution in [2.75, 3.05) is 20.2 Å². The zero-order valence-electron chi connectivity index (χ0n) is 12.2. The summed E-state index contributed by atoms with van der Waals surface area (Å²) in [6.45, 7) is 1.98. The van der Waals surface area contributed by atoms with Crippen molar-refractivity contribution < 1.29 is 18.7 Å². The molecule has 1 aromatic rings. The predicted molar refractivity (Wildman–Crippen MR) is 74.8 cm³/mol. The molecular weight excluding hydrogens is 273 g/mol. The van der Waals surface area contributed by atoms with Gasteiger partial charge in [0.25, 0.3) is 5.91 Å². The van der Waals surface area contributed by atoms with Crippen LogP contribution >= 0.6 is 0 Å². The maximum absolute atomic E-state index is 13.5. The van der Waals surface area contributed by atoms with Gasteiger partial charge in [0.05, 0.1) is 7.11 Å². The Morgan fingerprint density at radius 2 is 2.19 bits per heavy atom. The molecule has 21 heavy (non-hydrogen) atoms. The number of esters is 1. The summed E-state index contributed by atoms with van der Waals surface area (Å²) in [4.78, 5) is 25.5. The fraction of sp³-hybridized carbons (Fsp3) is 0.500. The van der Waals surface area contributed by atoms with Crippen LogP contribution in [0.1, 0.15) is 47.4 Å². The van der Waals surface area contributed by atoms with Gasteiger partial charge in [0, 0.05) is 17.5 Å². The Balaban J connectivity index is 1.97. The molecule has 1 spiro atoms. The van der Waals surface area contributed by atoms with E-state index in [0.717, 1.165) is 18.4 Å². The zero-order chi connectivity index (χ0) is 15.2. The lowest BCUT2D eigenvalue weighted by Crippen LogP contribution is -2.46. The highest BCUT2D eigenvalue weighted by Crippen LogP contribution is 2.52. The molecule has 5 heteroatoms. The Morgan fingerprint density at radius 1 is 1.48 bits per heavy atom. The molecule has 1 heterocycles. The highest BCUT2D eigenvalue weighted by atomic mass is 19.1. The van der Waals surface area contributed by atoms with Gasteiger partial charge in [-0.2, -0.15) is 0 Å². The molecule has 1 fully saturated rings. The third-order valence-corrected chi connectivity index (χ3v) is 4.49. The highest BCUT2D eigenvalue weighted by Gasteiger charge is 2.51. The number of halogens is 1. The van der Waals surface area contributed by atoms with Gasteiger partial charge in [-0.3, -0.25) is 9.59 Å². The molecule has 1 amide bonds. The van der Waals surface area contributed by atoms with Gasteiger partial charge in [-0.05, 0) is 37.0 Å². The molecule has 1 atom stereocenters. The molecule has 0 radical (unpaired) electrons. The number of carbonyl (C=O) groups excluding carboxylic acids is 2. The van der Waals surface area contributed by atoms with Crippen molar-refractivity contribution >= 4 is 11.9 Å². The summed E-state index contributed by atoms with van der Waals surface area (Å²) in [6.07, 6.45) is 0.888. The summed E-state index contributed by atoms with van der Waals surface area (Å²) in [7, 11) is 1.31. The quantitative estimate of drug-likeness (QED) is 0.803. The first-order chi connectivity index (χ1) is 9.97. The number of benzene rings is 1. The van der Waals surface area contributed by atoms with Crippen molar-refractivity contribution in [3.63, 3.8) is 0 Å². The van der Waals surface area contributed by atoms with Gasteiger partial charge >= 0.3 is 5.97 Å². The minimum absolute atomic E-state index is 0.0300. The molecule has 1 unspecified atom stereocenters. The number of carbonyl (C=O) groups is 2. The van der Waals surface area contributed by atoms with E-state index in [2.05, 4.69) is 4.74 Å². The average molecular weight is 291 g/mol. The number of amides is 1. The Kier molecular flexibility index (Phi) is 3.23. The number of ether oxygens (including phenoxy) is 1. The number of rotatable bonds is 3. The summed E-state index contributed by atoms with van der Waals surface area (Å²) in [5.74, 6) is -0.595. The largest absolute Gasteiger partial charge is 0.468 e. The molecule has 2 aliphatic rings. The Bertz CT molecular complexity index is 608. The lowest BCUT2D eigenvalue weighted by molar-refractivity contribution is -0.141. The van der Waals surface area contributed by atoms with Gasteiger partial charge in [0.15, 0.2) is 0 Å². The van der Waals surface area contributed by atoms with E-state index in [-0.39, 0.29) is 17.9 Å². The second-order valence-corrected chi connectivity index (χ2v) is 5.94. The van der Waals surface area contributed by atoms with Gasteiger partial charge in [-0.15, -0.1) is 0 Å². The molecule has 1 aliphatic carbocycles. The third kappa shape index (κ3) is 2.30. The SMILES string of the molecule is COC(=O)CN1CC2(CC2)c2cc(C(C)F)ccc2C1=O. The summed E-state index contributed by atoms with van der Waals surface area (Å²) in [6, 6.07) is 5.16. The molecule has 0 aromatic heterocycles. The fourth-order valence-corrected chi connectivity index (χ4v) is 3.05.